The lowest BCUT2D eigenvalue weighted by Gasteiger charge is -2.21. The third kappa shape index (κ3) is 2.87. The van der Waals surface area contributed by atoms with Crippen LogP contribution in [-0.4, -0.2) is 6.54 Å². The minimum absolute atomic E-state index is 0.435. The zero-order valence-corrected chi connectivity index (χ0v) is 9.71. The third-order valence-corrected chi connectivity index (χ3v) is 3.32. The number of benzene rings is 1. The second-order valence-corrected chi connectivity index (χ2v) is 4.46. The molecule has 1 nitrogen and oxygen atoms in total. The van der Waals surface area contributed by atoms with Crippen molar-refractivity contribution in [2.45, 2.75) is 38.0 Å². The number of rotatable bonds is 1. The topological polar surface area (TPSA) is 26.0 Å². The molecule has 0 atom stereocenters. The van der Waals surface area contributed by atoms with Crippen molar-refractivity contribution in [3.8, 4) is 11.8 Å². The molecular formula is C15H19N. The second-order valence-electron chi connectivity index (χ2n) is 4.46. The Morgan fingerprint density at radius 2 is 1.75 bits per heavy atom. The van der Waals surface area contributed by atoms with Gasteiger partial charge in [-0.1, -0.05) is 43.2 Å². The van der Waals surface area contributed by atoms with E-state index in [1.165, 1.54) is 37.7 Å². The molecule has 1 aliphatic rings. The molecule has 0 amide bonds. The third-order valence-electron chi connectivity index (χ3n) is 3.32. The van der Waals surface area contributed by atoms with E-state index in [2.05, 4.69) is 36.1 Å². The van der Waals surface area contributed by atoms with Crippen LogP contribution in [0.25, 0.3) is 0 Å². The molecular weight excluding hydrogens is 194 g/mol. The van der Waals surface area contributed by atoms with E-state index in [-0.39, 0.29) is 0 Å². The van der Waals surface area contributed by atoms with Crippen molar-refractivity contribution in [1.82, 2.24) is 0 Å². The van der Waals surface area contributed by atoms with Gasteiger partial charge in [0.25, 0.3) is 0 Å². The van der Waals surface area contributed by atoms with E-state index >= 15 is 0 Å². The van der Waals surface area contributed by atoms with Crippen LogP contribution in [0.4, 0.5) is 0 Å². The molecule has 0 spiro atoms. The van der Waals surface area contributed by atoms with E-state index < -0.39 is 0 Å². The van der Waals surface area contributed by atoms with Gasteiger partial charge in [0.15, 0.2) is 0 Å². The van der Waals surface area contributed by atoms with Crippen molar-refractivity contribution >= 4 is 0 Å². The zero-order valence-electron chi connectivity index (χ0n) is 9.71. The largest absolute Gasteiger partial charge is 0.320 e. The fourth-order valence-electron chi connectivity index (χ4n) is 2.43. The molecule has 0 radical (unpaired) electrons. The molecule has 0 heterocycles. The van der Waals surface area contributed by atoms with E-state index in [1.807, 2.05) is 0 Å². The lowest BCUT2D eigenvalue weighted by Crippen LogP contribution is -2.04. The fourth-order valence-corrected chi connectivity index (χ4v) is 2.43. The lowest BCUT2D eigenvalue weighted by atomic mass is 9.84. The Hall–Kier alpha value is -1.26. The normalized spacial score (nSPS) is 16.6. The van der Waals surface area contributed by atoms with Gasteiger partial charge in [0.2, 0.25) is 0 Å². The van der Waals surface area contributed by atoms with E-state index in [0.717, 1.165) is 11.5 Å². The highest BCUT2D eigenvalue weighted by Crippen LogP contribution is 2.32. The summed E-state index contributed by atoms with van der Waals surface area (Å²) < 4.78 is 0. The van der Waals surface area contributed by atoms with Crippen molar-refractivity contribution in [2.75, 3.05) is 6.54 Å². The number of nitrogens with two attached hydrogens (primary N) is 1. The summed E-state index contributed by atoms with van der Waals surface area (Å²) in [5.41, 5.74) is 7.91. The Bertz CT molecular complexity index is 374. The molecule has 1 aromatic carbocycles. The first-order chi connectivity index (χ1) is 7.90. The van der Waals surface area contributed by atoms with Crippen molar-refractivity contribution in [3.63, 3.8) is 0 Å². The van der Waals surface area contributed by atoms with Gasteiger partial charge >= 0.3 is 0 Å². The van der Waals surface area contributed by atoms with Gasteiger partial charge in [0.05, 0.1) is 6.54 Å². The monoisotopic (exact) mass is 213 g/mol. The minimum atomic E-state index is 0.435. The van der Waals surface area contributed by atoms with Gasteiger partial charge in [0.1, 0.15) is 0 Å². The molecule has 84 valence electrons. The summed E-state index contributed by atoms with van der Waals surface area (Å²) in [6, 6.07) is 8.70. The van der Waals surface area contributed by atoms with Crippen LogP contribution in [0.5, 0.6) is 0 Å². The molecule has 16 heavy (non-hydrogen) atoms. The molecule has 1 saturated carbocycles. The van der Waals surface area contributed by atoms with Crippen molar-refractivity contribution in [1.29, 1.82) is 0 Å². The summed E-state index contributed by atoms with van der Waals surface area (Å²) in [6.45, 7) is 0.435. The summed E-state index contributed by atoms with van der Waals surface area (Å²) in [5, 5.41) is 0. The summed E-state index contributed by atoms with van der Waals surface area (Å²) >= 11 is 0. The van der Waals surface area contributed by atoms with E-state index in [4.69, 9.17) is 5.73 Å². The highest BCUT2D eigenvalue weighted by molar-refractivity contribution is 5.37. The first kappa shape index (κ1) is 11.2. The molecule has 1 aromatic rings. The number of hydrogen-bond acceptors (Lipinski definition) is 1. The van der Waals surface area contributed by atoms with E-state index in [9.17, 15) is 0 Å². The Morgan fingerprint density at radius 1 is 1.06 bits per heavy atom. The Labute approximate surface area is 98.0 Å². The highest BCUT2D eigenvalue weighted by Gasteiger charge is 2.14. The van der Waals surface area contributed by atoms with Gasteiger partial charge in [-0.05, 0) is 36.5 Å². The van der Waals surface area contributed by atoms with Crippen LogP contribution in [0, 0.1) is 11.8 Å². The quantitative estimate of drug-likeness (QED) is 0.713. The predicted octanol–water partition coefficient (Wildman–Crippen LogP) is 3.04. The van der Waals surface area contributed by atoms with Gasteiger partial charge < -0.3 is 5.73 Å². The highest BCUT2D eigenvalue weighted by atomic mass is 14.5. The van der Waals surface area contributed by atoms with Crippen molar-refractivity contribution < 1.29 is 0 Å². The molecule has 0 bridgehead atoms. The van der Waals surface area contributed by atoms with Crippen LogP contribution in [0.2, 0.25) is 0 Å². The van der Waals surface area contributed by atoms with Gasteiger partial charge in [0, 0.05) is 5.56 Å². The molecule has 0 aliphatic heterocycles. The SMILES string of the molecule is NCC#Cc1ccc(C2CCCCC2)cc1. The van der Waals surface area contributed by atoms with E-state index in [0.29, 0.717) is 6.54 Å². The van der Waals surface area contributed by atoms with Gasteiger partial charge in [-0.2, -0.15) is 0 Å². The maximum absolute atomic E-state index is 5.35. The molecule has 0 saturated heterocycles. The number of hydrogen-bond donors (Lipinski definition) is 1. The maximum Gasteiger partial charge on any atom is 0.0555 e. The van der Waals surface area contributed by atoms with E-state index in [1.54, 1.807) is 0 Å². The minimum Gasteiger partial charge on any atom is -0.320 e. The predicted molar refractivity (Wildman–Crippen MR) is 68.2 cm³/mol. The van der Waals surface area contributed by atoms with Gasteiger partial charge in [-0.25, -0.2) is 0 Å². The van der Waals surface area contributed by atoms with Crippen LogP contribution in [0.15, 0.2) is 24.3 Å². The molecule has 1 aliphatic carbocycles. The van der Waals surface area contributed by atoms with Crippen LogP contribution in [-0.2, 0) is 0 Å². The Balaban J connectivity index is 2.06. The summed E-state index contributed by atoms with van der Waals surface area (Å²) in [4.78, 5) is 0. The average Bonchev–Trinajstić information content (AvgIpc) is 2.38. The maximum atomic E-state index is 5.35. The fraction of sp³-hybridized carbons (Fsp3) is 0.467. The van der Waals surface area contributed by atoms with Crippen LogP contribution in [0.1, 0.15) is 49.1 Å². The smallest absolute Gasteiger partial charge is 0.0555 e. The summed E-state index contributed by atoms with van der Waals surface area (Å²) in [7, 11) is 0. The summed E-state index contributed by atoms with van der Waals surface area (Å²) in [5.74, 6) is 6.72. The first-order valence-corrected chi connectivity index (χ1v) is 6.19. The second kappa shape index (κ2) is 5.72. The van der Waals surface area contributed by atoms with Crippen LogP contribution >= 0.6 is 0 Å². The van der Waals surface area contributed by atoms with Crippen molar-refractivity contribution in [3.05, 3.63) is 35.4 Å². The Kier molecular flexibility index (Phi) is 4.02. The molecule has 2 rings (SSSR count). The van der Waals surface area contributed by atoms with Gasteiger partial charge in [-0.15, -0.1) is 0 Å². The molecule has 2 N–H and O–H groups in total. The van der Waals surface area contributed by atoms with Crippen LogP contribution < -0.4 is 5.73 Å². The van der Waals surface area contributed by atoms with Crippen molar-refractivity contribution in [2.24, 2.45) is 5.73 Å². The molecule has 1 heteroatoms. The summed E-state index contributed by atoms with van der Waals surface area (Å²) in [6.07, 6.45) is 6.90. The Morgan fingerprint density at radius 3 is 2.38 bits per heavy atom. The first-order valence-electron chi connectivity index (χ1n) is 6.19. The van der Waals surface area contributed by atoms with Gasteiger partial charge in [-0.3, -0.25) is 0 Å². The molecule has 0 unspecified atom stereocenters. The standard InChI is InChI=1S/C15H19N/c16-12-4-5-13-8-10-15(11-9-13)14-6-2-1-3-7-14/h8-11,14H,1-3,6-7,12,16H2. The zero-order chi connectivity index (χ0) is 11.2. The lowest BCUT2D eigenvalue weighted by molar-refractivity contribution is 0.443. The van der Waals surface area contributed by atoms with Crippen LogP contribution in [0.3, 0.4) is 0 Å². The molecule has 1 fully saturated rings. The molecule has 0 aromatic heterocycles. The average molecular weight is 213 g/mol.